The summed E-state index contributed by atoms with van der Waals surface area (Å²) in [4.78, 5) is 20.1. The lowest BCUT2D eigenvalue weighted by molar-refractivity contribution is -0.143. The molecule has 2 aromatic rings. The van der Waals surface area contributed by atoms with Crippen LogP contribution in [0.2, 0.25) is 0 Å². The Morgan fingerprint density at radius 3 is 1.87 bits per heavy atom. The highest BCUT2D eigenvalue weighted by Crippen LogP contribution is 2.37. The first-order chi connectivity index (χ1) is 14.3. The van der Waals surface area contributed by atoms with Crippen LogP contribution in [-0.4, -0.2) is 59.7 Å². The van der Waals surface area contributed by atoms with E-state index in [0.717, 1.165) is 4.31 Å². The number of carbonyl (C=O) groups is 1. The van der Waals surface area contributed by atoms with Gasteiger partial charge in [0.2, 0.25) is 10.0 Å². The third-order valence-corrected chi connectivity index (χ3v) is 6.38. The normalized spacial score (nSPS) is 16.4. The fourth-order valence-corrected chi connectivity index (χ4v) is 4.42. The highest BCUT2D eigenvalue weighted by atomic mass is 32.2. The van der Waals surface area contributed by atoms with E-state index in [1.165, 1.54) is 23.5 Å². The highest BCUT2D eigenvalue weighted by Gasteiger charge is 2.39. The molecule has 1 aromatic carbocycles. The summed E-state index contributed by atoms with van der Waals surface area (Å²) in [5.41, 5.74) is -3.43. The maximum Gasteiger partial charge on any atom is 0.416 e. The molecule has 1 amide bonds. The average molecular weight is 468 g/mol. The zero-order chi connectivity index (χ0) is 23.0. The van der Waals surface area contributed by atoms with Gasteiger partial charge in [-0.1, -0.05) is 0 Å². The zero-order valence-electron chi connectivity index (χ0n) is 15.5. The van der Waals surface area contributed by atoms with Gasteiger partial charge in [-0.05, 0) is 18.2 Å². The largest absolute Gasteiger partial charge is 0.416 e. The van der Waals surface area contributed by atoms with Crippen LogP contribution in [0.1, 0.15) is 21.6 Å². The zero-order valence-corrected chi connectivity index (χ0v) is 16.3. The Labute approximate surface area is 172 Å². The third kappa shape index (κ3) is 4.95. The minimum Gasteiger partial charge on any atom is -0.335 e. The van der Waals surface area contributed by atoms with Crippen molar-refractivity contribution in [2.45, 2.75) is 17.2 Å². The summed E-state index contributed by atoms with van der Waals surface area (Å²) in [6.45, 7) is -0.878. The second-order valence-corrected chi connectivity index (χ2v) is 8.47. The summed E-state index contributed by atoms with van der Waals surface area (Å²) < 4.78 is 104. The smallest absolute Gasteiger partial charge is 0.335 e. The van der Waals surface area contributed by atoms with Gasteiger partial charge in [0, 0.05) is 38.6 Å². The molecular weight excluding hydrogens is 454 g/mol. The number of nitrogens with zero attached hydrogens (tertiary/aromatic N) is 4. The Kier molecular flexibility index (Phi) is 5.97. The van der Waals surface area contributed by atoms with Crippen molar-refractivity contribution in [3.63, 3.8) is 0 Å². The molecule has 2 heterocycles. The van der Waals surface area contributed by atoms with Crippen LogP contribution in [0, 0.1) is 0 Å². The molecule has 1 aliphatic rings. The number of hydrogen-bond acceptors (Lipinski definition) is 5. The number of benzene rings is 1. The monoisotopic (exact) mass is 468 g/mol. The summed E-state index contributed by atoms with van der Waals surface area (Å²) in [7, 11) is -4.67. The molecule has 0 aliphatic carbocycles. The molecule has 0 bridgehead atoms. The van der Waals surface area contributed by atoms with Crippen LogP contribution in [0.3, 0.4) is 0 Å². The minimum absolute atomic E-state index is 0.0199. The lowest BCUT2D eigenvalue weighted by atomic mass is 10.1. The molecule has 0 atom stereocenters. The second-order valence-electron chi connectivity index (χ2n) is 6.53. The van der Waals surface area contributed by atoms with Gasteiger partial charge < -0.3 is 4.90 Å². The van der Waals surface area contributed by atoms with Crippen LogP contribution < -0.4 is 0 Å². The van der Waals surface area contributed by atoms with E-state index < -0.39 is 44.3 Å². The van der Waals surface area contributed by atoms with Crippen LogP contribution in [0.25, 0.3) is 0 Å². The number of piperazine rings is 1. The van der Waals surface area contributed by atoms with Gasteiger partial charge in [-0.25, -0.2) is 13.4 Å². The molecule has 7 nitrogen and oxygen atoms in total. The molecule has 0 N–H and O–H groups in total. The van der Waals surface area contributed by atoms with Crippen molar-refractivity contribution in [1.82, 2.24) is 19.2 Å². The van der Waals surface area contributed by atoms with Crippen molar-refractivity contribution in [1.29, 1.82) is 0 Å². The Bertz CT molecular complexity index is 1030. The standard InChI is InChI=1S/C17H14F6N4O3S/c18-16(19,20)11-7-12(17(21,22)23)9-13(8-11)31(29,30)27-5-3-26(4-6-27)15(28)14-10-24-1-2-25-14/h1-2,7-10H,3-6H2. The number of aromatic nitrogens is 2. The summed E-state index contributed by atoms with van der Waals surface area (Å²) in [6.07, 6.45) is -6.49. The van der Waals surface area contributed by atoms with E-state index in [2.05, 4.69) is 9.97 Å². The first kappa shape index (κ1) is 22.9. The summed E-state index contributed by atoms with van der Waals surface area (Å²) >= 11 is 0. The predicted molar refractivity (Wildman–Crippen MR) is 93.1 cm³/mol. The van der Waals surface area contributed by atoms with Gasteiger partial charge in [0.1, 0.15) is 5.69 Å². The maximum atomic E-state index is 13.0. The van der Waals surface area contributed by atoms with Gasteiger partial charge in [0.05, 0.1) is 22.2 Å². The molecule has 1 saturated heterocycles. The number of carbonyl (C=O) groups excluding carboxylic acids is 1. The van der Waals surface area contributed by atoms with E-state index >= 15 is 0 Å². The van der Waals surface area contributed by atoms with Crippen LogP contribution in [-0.2, 0) is 22.4 Å². The summed E-state index contributed by atoms with van der Waals surface area (Å²) in [5, 5.41) is 0. The topological polar surface area (TPSA) is 83.5 Å². The summed E-state index contributed by atoms with van der Waals surface area (Å²) in [5.74, 6) is -0.524. The van der Waals surface area contributed by atoms with E-state index in [1.54, 1.807) is 0 Å². The van der Waals surface area contributed by atoms with Crippen molar-refractivity contribution in [3.05, 3.63) is 53.6 Å². The maximum absolute atomic E-state index is 13.0. The van der Waals surface area contributed by atoms with Crippen molar-refractivity contribution < 1.29 is 39.6 Å². The van der Waals surface area contributed by atoms with E-state index in [4.69, 9.17) is 0 Å². The Hall–Kier alpha value is -2.74. The number of hydrogen-bond donors (Lipinski definition) is 0. The van der Waals surface area contributed by atoms with Crippen molar-refractivity contribution in [2.75, 3.05) is 26.2 Å². The molecule has 0 radical (unpaired) electrons. The predicted octanol–water partition coefficient (Wildman–Crippen LogP) is 2.66. The average Bonchev–Trinajstić information content (AvgIpc) is 2.72. The molecule has 14 heteroatoms. The SMILES string of the molecule is O=C(c1cnccn1)N1CCN(S(=O)(=O)c2cc(C(F)(F)F)cc(C(F)(F)F)c2)CC1. The van der Waals surface area contributed by atoms with E-state index in [9.17, 15) is 39.6 Å². The molecule has 0 spiro atoms. The Morgan fingerprint density at radius 2 is 1.42 bits per heavy atom. The molecule has 3 rings (SSSR count). The van der Waals surface area contributed by atoms with Gasteiger partial charge >= 0.3 is 12.4 Å². The number of rotatable bonds is 3. The lowest BCUT2D eigenvalue weighted by Gasteiger charge is -2.34. The van der Waals surface area contributed by atoms with E-state index in [0.29, 0.717) is 0 Å². The fourth-order valence-electron chi connectivity index (χ4n) is 2.93. The number of amides is 1. The van der Waals surface area contributed by atoms with Crippen molar-refractivity contribution >= 4 is 15.9 Å². The Balaban J connectivity index is 1.85. The molecule has 0 unspecified atom stereocenters. The number of alkyl halides is 6. The molecule has 1 fully saturated rings. The molecule has 1 aromatic heterocycles. The van der Waals surface area contributed by atoms with Gasteiger partial charge in [0.25, 0.3) is 5.91 Å². The van der Waals surface area contributed by atoms with Gasteiger partial charge in [-0.3, -0.25) is 9.78 Å². The quantitative estimate of drug-likeness (QED) is 0.647. The van der Waals surface area contributed by atoms with Crippen molar-refractivity contribution in [2.24, 2.45) is 0 Å². The Morgan fingerprint density at radius 1 is 0.871 bits per heavy atom. The summed E-state index contributed by atoms with van der Waals surface area (Å²) in [6, 6.07) is 0.194. The highest BCUT2D eigenvalue weighted by molar-refractivity contribution is 7.89. The fraction of sp³-hybridized carbons (Fsp3) is 0.353. The third-order valence-electron chi connectivity index (χ3n) is 4.51. The van der Waals surface area contributed by atoms with Crippen LogP contribution >= 0.6 is 0 Å². The van der Waals surface area contributed by atoms with Gasteiger partial charge in [-0.15, -0.1) is 0 Å². The second kappa shape index (κ2) is 8.07. The molecular formula is C17H14F6N4O3S. The first-order valence-electron chi connectivity index (χ1n) is 8.65. The number of sulfonamides is 1. The van der Waals surface area contributed by atoms with Gasteiger partial charge in [-0.2, -0.15) is 30.6 Å². The lowest BCUT2D eigenvalue weighted by Crippen LogP contribution is -2.50. The molecule has 168 valence electrons. The van der Waals surface area contributed by atoms with Gasteiger partial charge in [0.15, 0.2) is 0 Å². The van der Waals surface area contributed by atoms with Crippen LogP contribution in [0.4, 0.5) is 26.3 Å². The number of halogens is 6. The van der Waals surface area contributed by atoms with Crippen LogP contribution in [0.5, 0.6) is 0 Å². The van der Waals surface area contributed by atoms with Crippen LogP contribution in [0.15, 0.2) is 41.7 Å². The van der Waals surface area contributed by atoms with E-state index in [-0.39, 0.29) is 50.1 Å². The molecule has 1 aliphatic heterocycles. The molecule has 31 heavy (non-hydrogen) atoms. The molecule has 0 saturated carbocycles. The first-order valence-corrected chi connectivity index (χ1v) is 10.1. The van der Waals surface area contributed by atoms with Crippen molar-refractivity contribution in [3.8, 4) is 0 Å². The minimum atomic E-state index is -5.17. The van der Waals surface area contributed by atoms with E-state index in [1.807, 2.05) is 0 Å².